The first kappa shape index (κ1) is 19.7. The lowest BCUT2D eigenvalue weighted by atomic mass is 9.94. The molecule has 0 fully saturated rings. The van der Waals surface area contributed by atoms with Crippen molar-refractivity contribution in [3.63, 3.8) is 0 Å². The fourth-order valence-electron chi connectivity index (χ4n) is 3.31. The number of pyridine rings is 1. The summed E-state index contributed by atoms with van der Waals surface area (Å²) in [6.45, 7) is 8.76. The lowest BCUT2D eigenvalue weighted by Crippen LogP contribution is -2.47. The number of nitrogens with two attached hydrogens (primary N) is 1. The van der Waals surface area contributed by atoms with Crippen LogP contribution in [0.15, 0.2) is 12.4 Å². The molecular weight excluding hydrogens is 332 g/mol. The number of fused-ring (bicyclic) bond motifs is 1. The van der Waals surface area contributed by atoms with Crippen molar-refractivity contribution >= 4 is 34.2 Å². The van der Waals surface area contributed by atoms with E-state index in [2.05, 4.69) is 34.3 Å². The molecule has 0 saturated heterocycles. The third kappa shape index (κ3) is 3.95. The molecule has 0 spiro atoms. The van der Waals surface area contributed by atoms with Crippen LogP contribution in [-0.4, -0.2) is 44.5 Å². The van der Waals surface area contributed by atoms with Gasteiger partial charge in [-0.15, -0.1) is 0 Å². The van der Waals surface area contributed by atoms with E-state index < -0.39 is 11.8 Å². The molecule has 2 aromatic heterocycles. The van der Waals surface area contributed by atoms with E-state index in [9.17, 15) is 9.59 Å². The van der Waals surface area contributed by atoms with Gasteiger partial charge in [-0.3, -0.25) is 14.7 Å². The van der Waals surface area contributed by atoms with Crippen LogP contribution in [0.2, 0.25) is 0 Å². The van der Waals surface area contributed by atoms with Gasteiger partial charge in [0.05, 0.1) is 29.0 Å². The predicted octanol–water partition coefficient (Wildman–Crippen LogP) is 2.54. The Bertz CT molecular complexity index is 768. The molecule has 0 saturated carbocycles. The number of amides is 2. The minimum Gasteiger partial charge on any atom is -0.383 e. The summed E-state index contributed by atoms with van der Waals surface area (Å²) in [6, 6.07) is -0.0000777. The van der Waals surface area contributed by atoms with Crippen LogP contribution in [0.25, 0.3) is 10.9 Å². The molecule has 26 heavy (non-hydrogen) atoms. The summed E-state index contributed by atoms with van der Waals surface area (Å²) in [5.41, 5.74) is 6.73. The molecule has 1 unspecified atom stereocenters. The second-order valence-corrected chi connectivity index (χ2v) is 6.49. The number of nitrogens with zero attached hydrogens (tertiary/aromatic N) is 3. The smallest absolute Gasteiger partial charge is 0.314 e. The van der Waals surface area contributed by atoms with Gasteiger partial charge in [0.15, 0.2) is 0 Å². The maximum absolute atomic E-state index is 12.8. The van der Waals surface area contributed by atoms with Crippen LogP contribution in [0.4, 0.5) is 11.5 Å². The molecule has 2 heterocycles. The van der Waals surface area contributed by atoms with Gasteiger partial charge < -0.3 is 16.0 Å². The number of nitrogen functional groups attached to an aromatic ring is 1. The van der Waals surface area contributed by atoms with E-state index in [0.717, 1.165) is 19.3 Å². The van der Waals surface area contributed by atoms with Crippen LogP contribution < -0.4 is 11.1 Å². The Labute approximate surface area is 153 Å². The van der Waals surface area contributed by atoms with E-state index in [1.54, 1.807) is 4.90 Å². The first-order valence-corrected chi connectivity index (χ1v) is 9.13. The minimum atomic E-state index is -0.682. The lowest BCUT2D eigenvalue weighted by Gasteiger charge is -2.33. The van der Waals surface area contributed by atoms with Crippen molar-refractivity contribution < 1.29 is 9.59 Å². The van der Waals surface area contributed by atoms with Gasteiger partial charge in [0.1, 0.15) is 5.82 Å². The Hall–Kier alpha value is -2.64. The molecule has 2 rings (SSSR count). The third-order valence-electron chi connectivity index (χ3n) is 4.91. The molecule has 142 valence electrons. The summed E-state index contributed by atoms with van der Waals surface area (Å²) < 4.78 is 0. The van der Waals surface area contributed by atoms with Crippen molar-refractivity contribution in [1.82, 2.24) is 20.1 Å². The van der Waals surface area contributed by atoms with E-state index in [0.29, 0.717) is 34.9 Å². The molecule has 8 heteroatoms. The van der Waals surface area contributed by atoms with Crippen LogP contribution in [0, 0.1) is 5.92 Å². The van der Waals surface area contributed by atoms with E-state index in [4.69, 9.17) is 5.73 Å². The number of carbonyl (C=O) groups excluding carboxylic acids is 2. The minimum absolute atomic E-state index is 0.0000777. The van der Waals surface area contributed by atoms with Gasteiger partial charge >= 0.3 is 11.8 Å². The van der Waals surface area contributed by atoms with Gasteiger partial charge in [0.2, 0.25) is 0 Å². The zero-order chi connectivity index (χ0) is 19.3. The molecule has 2 amide bonds. The summed E-state index contributed by atoms with van der Waals surface area (Å²) in [5, 5.41) is 9.95. The SMILES string of the molecule is CCCN(C(=O)C(=O)Nc1cnc(N)c2cn[nH]c12)C(C)C(CC)CC. The van der Waals surface area contributed by atoms with Crippen LogP contribution in [0.5, 0.6) is 0 Å². The van der Waals surface area contributed by atoms with Gasteiger partial charge in [-0.2, -0.15) is 5.10 Å². The Morgan fingerprint density at radius 3 is 2.58 bits per heavy atom. The number of nitrogens with one attached hydrogen (secondary N) is 2. The Balaban J connectivity index is 2.21. The van der Waals surface area contributed by atoms with Crippen LogP contribution in [0.1, 0.15) is 47.0 Å². The molecule has 2 aromatic rings. The van der Waals surface area contributed by atoms with Gasteiger partial charge in [-0.1, -0.05) is 33.6 Å². The highest BCUT2D eigenvalue weighted by Crippen LogP contribution is 2.24. The van der Waals surface area contributed by atoms with Gasteiger partial charge in [-0.05, 0) is 19.3 Å². The number of H-pyrrole nitrogens is 1. The average Bonchev–Trinajstić information content (AvgIpc) is 3.13. The number of hydrogen-bond acceptors (Lipinski definition) is 5. The maximum atomic E-state index is 12.8. The Kier molecular flexibility index (Phi) is 6.54. The molecule has 0 aliphatic rings. The monoisotopic (exact) mass is 360 g/mol. The predicted molar refractivity (Wildman–Crippen MR) is 102 cm³/mol. The van der Waals surface area contributed by atoms with Gasteiger partial charge in [0, 0.05) is 12.6 Å². The lowest BCUT2D eigenvalue weighted by molar-refractivity contribution is -0.145. The summed E-state index contributed by atoms with van der Waals surface area (Å²) >= 11 is 0. The van der Waals surface area contributed by atoms with Crippen molar-refractivity contribution in [2.45, 2.75) is 53.0 Å². The molecule has 0 aliphatic heterocycles. The number of aromatic amines is 1. The highest BCUT2D eigenvalue weighted by atomic mass is 16.2. The van der Waals surface area contributed by atoms with Crippen molar-refractivity contribution in [3.05, 3.63) is 12.4 Å². The summed E-state index contributed by atoms with van der Waals surface area (Å²) in [4.78, 5) is 31.1. The highest BCUT2D eigenvalue weighted by Gasteiger charge is 2.29. The van der Waals surface area contributed by atoms with Gasteiger partial charge in [0.25, 0.3) is 0 Å². The maximum Gasteiger partial charge on any atom is 0.314 e. The van der Waals surface area contributed by atoms with Gasteiger partial charge in [-0.25, -0.2) is 4.98 Å². The fourth-order valence-corrected chi connectivity index (χ4v) is 3.31. The first-order chi connectivity index (χ1) is 12.4. The third-order valence-corrected chi connectivity index (χ3v) is 4.91. The zero-order valence-electron chi connectivity index (χ0n) is 15.9. The average molecular weight is 360 g/mol. The number of carbonyl (C=O) groups is 2. The molecule has 0 aliphatic carbocycles. The van der Waals surface area contributed by atoms with E-state index in [-0.39, 0.29) is 6.04 Å². The van der Waals surface area contributed by atoms with Crippen LogP contribution in [-0.2, 0) is 9.59 Å². The highest BCUT2D eigenvalue weighted by molar-refractivity contribution is 6.40. The Morgan fingerprint density at radius 1 is 1.27 bits per heavy atom. The van der Waals surface area contributed by atoms with Crippen LogP contribution in [0.3, 0.4) is 0 Å². The Morgan fingerprint density at radius 2 is 1.96 bits per heavy atom. The normalized spacial score (nSPS) is 12.3. The number of aromatic nitrogens is 3. The topological polar surface area (TPSA) is 117 Å². The standard InChI is InChI=1S/C18H28N6O2/c1-5-8-24(11(4)12(6-2)7-3)18(26)17(25)22-14-10-20-16(19)13-9-21-23-15(13)14/h9-12H,5-8H2,1-4H3,(H2,19,20)(H,21,23)(H,22,25). The number of anilines is 2. The van der Waals surface area contributed by atoms with Crippen molar-refractivity contribution in [1.29, 1.82) is 0 Å². The zero-order valence-corrected chi connectivity index (χ0v) is 15.9. The first-order valence-electron chi connectivity index (χ1n) is 9.13. The number of rotatable bonds is 7. The second kappa shape index (κ2) is 8.64. The van der Waals surface area contributed by atoms with E-state index in [1.165, 1.54) is 12.4 Å². The van der Waals surface area contributed by atoms with Crippen LogP contribution >= 0.6 is 0 Å². The largest absolute Gasteiger partial charge is 0.383 e. The van der Waals surface area contributed by atoms with E-state index >= 15 is 0 Å². The summed E-state index contributed by atoms with van der Waals surface area (Å²) in [7, 11) is 0. The second-order valence-electron chi connectivity index (χ2n) is 6.49. The molecule has 0 bridgehead atoms. The van der Waals surface area contributed by atoms with Crippen molar-refractivity contribution in [2.24, 2.45) is 5.92 Å². The molecule has 0 radical (unpaired) electrons. The molecule has 4 N–H and O–H groups in total. The van der Waals surface area contributed by atoms with Crippen molar-refractivity contribution in [3.8, 4) is 0 Å². The molecule has 8 nitrogen and oxygen atoms in total. The quantitative estimate of drug-likeness (QED) is 0.656. The summed E-state index contributed by atoms with van der Waals surface area (Å²) in [5.74, 6) is -0.543. The molecular formula is C18H28N6O2. The molecule has 0 aromatic carbocycles. The number of hydrogen-bond donors (Lipinski definition) is 3. The van der Waals surface area contributed by atoms with E-state index in [1.807, 2.05) is 13.8 Å². The fraction of sp³-hybridized carbons (Fsp3) is 0.556. The van der Waals surface area contributed by atoms with Crippen molar-refractivity contribution in [2.75, 3.05) is 17.6 Å². The summed E-state index contributed by atoms with van der Waals surface area (Å²) in [6.07, 6.45) is 5.67. The molecule has 1 atom stereocenters.